The molecule has 1 heterocycles. The van der Waals surface area contributed by atoms with Gasteiger partial charge in [-0.05, 0) is 32.6 Å². The van der Waals surface area contributed by atoms with Crippen molar-refractivity contribution in [3.05, 3.63) is 17.0 Å². The largest absolute Gasteiger partial charge is 0.455 e. The second kappa shape index (κ2) is 7.42. The zero-order valence-corrected chi connectivity index (χ0v) is 13.5. The Balaban J connectivity index is 1.75. The van der Waals surface area contributed by atoms with Gasteiger partial charge in [-0.3, -0.25) is 9.59 Å². The van der Waals surface area contributed by atoms with E-state index in [1.54, 1.807) is 13.8 Å². The van der Waals surface area contributed by atoms with E-state index in [-0.39, 0.29) is 25.0 Å². The van der Waals surface area contributed by atoms with Crippen LogP contribution in [0.1, 0.15) is 49.6 Å². The molecule has 1 saturated carbocycles. The van der Waals surface area contributed by atoms with E-state index in [4.69, 9.17) is 9.26 Å². The fourth-order valence-corrected chi connectivity index (χ4v) is 2.87. The van der Waals surface area contributed by atoms with Gasteiger partial charge in [0.25, 0.3) is 5.91 Å². The minimum atomic E-state index is -0.443. The molecule has 2 atom stereocenters. The lowest BCUT2D eigenvalue weighted by atomic mass is 9.86. The molecule has 0 saturated heterocycles. The smallest absolute Gasteiger partial charge is 0.310 e. The molecular weight excluding hydrogens is 284 g/mol. The SMILES string of the molecule is Cc1noc(C)c1CC(=O)OCC(=O)N[C@H]1CCCC[C@H]1C. The van der Waals surface area contributed by atoms with Crippen molar-refractivity contribution < 1.29 is 18.8 Å². The summed E-state index contributed by atoms with van der Waals surface area (Å²) < 4.78 is 10.0. The van der Waals surface area contributed by atoms with E-state index < -0.39 is 5.97 Å². The average molecular weight is 308 g/mol. The Hall–Kier alpha value is -1.85. The van der Waals surface area contributed by atoms with E-state index in [1.807, 2.05) is 0 Å². The molecule has 0 bridgehead atoms. The van der Waals surface area contributed by atoms with Crippen LogP contribution >= 0.6 is 0 Å². The molecule has 1 fully saturated rings. The number of aromatic nitrogens is 1. The fraction of sp³-hybridized carbons (Fsp3) is 0.688. The molecule has 1 aliphatic rings. The molecule has 1 aliphatic carbocycles. The van der Waals surface area contributed by atoms with Crippen LogP contribution in [0.3, 0.4) is 0 Å². The summed E-state index contributed by atoms with van der Waals surface area (Å²) in [4.78, 5) is 23.7. The Labute approximate surface area is 130 Å². The number of ether oxygens (including phenoxy) is 1. The van der Waals surface area contributed by atoms with Crippen molar-refractivity contribution in [2.24, 2.45) is 5.92 Å². The van der Waals surface area contributed by atoms with Gasteiger partial charge in [0.1, 0.15) is 5.76 Å². The first kappa shape index (κ1) is 16.5. The molecule has 6 nitrogen and oxygen atoms in total. The summed E-state index contributed by atoms with van der Waals surface area (Å²) in [5, 5.41) is 6.75. The van der Waals surface area contributed by atoms with Crippen LogP contribution in [0.15, 0.2) is 4.52 Å². The number of amides is 1. The molecule has 0 spiro atoms. The highest BCUT2D eigenvalue weighted by molar-refractivity contribution is 5.81. The number of hydrogen-bond donors (Lipinski definition) is 1. The normalized spacial score (nSPS) is 21.4. The van der Waals surface area contributed by atoms with Crippen LogP contribution < -0.4 is 5.32 Å². The lowest BCUT2D eigenvalue weighted by molar-refractivity contribution is -0.148. The maximum Gasteiger partial charge on any atom is 0.310 e. The van der Waals surface area contributed by atoms with E-state index in [0.29, 0.717) is 17.4 Å². The first-order valence-corrected chi connectivity index (χ1v) is 7.84. The first-order valence-electron chi connectivity index (χ1n) is 7.84. The summed E-state index contributed by atoms with van der Waals surface area (Å²) in [5.41, 5.74) is 1.40. The van der Waals surface area contributed by atoms with Crippen LogP contribution in [-0.4, -0.2) is 29.7 Å². The number of carbonyl (C=O) groups is 2. The topological polar surface area (TPSA) is 81.4 Å². The van der Waals surface area contributed by atoms with Gasteiger partial charge in [-0.15, -0.1) is 0 Å². The number of rotatable bonds is 5. The Morgan fingerprint density at radius 1 is 1.32 bits per heavy atom. The molecule has 0 aliphatic heterocycles. The Bertz CT molecular complexity index is 519. The summed E-state index contributed by atoms with van der Waals surface area (Å²) in [6, 6.07) is 0.197. The van der Waals surface area contributed by atoms with Crippen molar-refractivity contribution in [2.75, 3.05) is 6.61 Å². The van der Waals surface area contributed by atoms with Crippen molar-refractivity contribution in [3.8, 4) is 0 Å². The van der Waals surface area contributed by atoms with Crippen LogP contribution in [0.5, 0.6) is 0 Å². The summed E-state index contributed by atoms with van der Waals surface area (Å²) in [7, 11) is 0. The second-order valence-corrected chi connectivity index (χ2v) is 6.08. The lowest BCUT2D eigenvalue weighted by Crippen LogP contribution is -2.43. The van der Waals surface area contributed by atoms with Crippen molar-refractivity contribution in [2.45, 2.75) is 58.9 Å². The van der Waals surface area contributed by atoms with Crippen molar-refractivity contribution in [1.82, 2.24) is 10.5 Å². The number of aryl methyl sites for hydroxylation is 2. The average Bonchev–Trinajstić information content (AvgIpc) is 2.79. The van der Waals surface area contributed by atoms with Crippen LogP contribution in [0.4, 0.5) is 0 Å². The molecule has 0 unspecified atom stereocenters. The van der Waals surface area contributed by atoms with Crippen molar-refractivity contribution in [1.29, 1.82) is 0 Å². The summed E-state index contributed by atoms with van der Waals surface area (Å²) in [6.07, 6.45) is 4.58. The molecule has 1 aromatic rings. The third-order valence-corrected chi connectivity index (χ3v) is 4.32. The summed E-state index contributed by atoms with van der Waals surface area (Å²) >= 11 is 0. The predicted molar refractivity (Wildman–Crippen MR) is 80.2 cm³/mol. The molecule has 6 heteroatoms. The van der Waals surface area contributed by atoms with E-state index in [0.717, 1.165) is 24.8 Å². The minimum absolute atomic E-state index is 0.0777. The highest BCUT2D eigenvalue weighted by atomic mass is 16.5. The molecule has 122 valence electrons. The van der Waals surface area contributed by atoms with Gasteiger partial charge in [0.15, 0.2) is 6.61 Å². The van der Waals surface area contributed by atoms with Crippen LogP contribution in [0.25, 0.3) is 0 Å². The van der Waals surface area contributed by atoms with Gasteiger partial charge in [-0.2, -0.15) is 0 Å². The Morgan fingerprint density at radius 2 is 2.05 bits per heavy atom. The summed E-state index contributed by atoms with van der Waals surface area (Å²) in [6.45, 7) is 5.44. The molecule has 1 N–H and O–H groups in total. The quantitative estimate of drug-likeness (QED) is 0.842. The zero-order chi connectivity index (χ0) is 16.1. The lowest BCUT2D eigenvalue weighted by Gasteiger charge is -2.29. The predicted octanol–water partition coefficient (Wildman–Crippen LogP) is 2.07. The number of esters is 1. The Morgan fingerprint density at radius 3 is 2.68 bits per heavy atom. The zero-order valence-electron chi connectivity index (χ0n) is 13.5. The monoisotopic (exact) mass is 308 g/mol. The van der Waals surface area contributed by atoms with Crippen LogP contribution in [-0.2, 0) is 20.7 Å². The first-order chi connectivity index (χ1) is 10.5. The third-order valence-electron chi connectivity index (χ3n) is 4.32. The molecular formula is C16H24N2O4. The van der Waals surface area contributed by atoms with Gasteiger partial charge in [-0.1, -0.05) is 24.9 Å². The molecule has 1 amide bonds. The fourth-order valence-electron chi connectivity index (χ4n) is 2.87. The van der Waals surface area contributed by atoms with Crippen LogP contribution in [0.2, 0.25) is 0 Å². The number of nitrogens with zero attached hydrogens (tertiary/aromatic N) is 1. The number of nitrogens with one attached hydrogen (secondary N) is 1. The number of hydrogen-bond acceptors (Lipinski definition) is 5. The highest BCUT2D eigenvalue weighted by Gasteiger charge is 2.23. The highest BCUT2D eigenvalue weighted by Crippen LogP contribution is 2.23. The second-order valence-electron chi connectivity index (χ2n) is 6.08. The summed E-state index contributed by atoms with van der Waals surface area (Å²) in [5.74, 6) is 0.415. The van der Waals surface area contributed by atoms with Crippen molar-refractivity contribution >= 4 is 11.9 Å². The molecule has 0 radical (unpaired) electrons. The Kier molecular flexibility index (Phi) is 5.57. The maximum absolute atomic E-state index is 11.9. The van der Waals surface area contributed by atoms with E-state index in [2.05, 4.69) is 17.4 Å². The van der Waals surface area contributed by atoms with Crippen molar-refractivity contribution in [3.63, 3.8) is 0 Å². The number of carbonyl (C=O) groups excluding carboxylic acids is 2. The van der Waals surface area contributed by atoms with E-state index in [1.165, 1.54) is 6.42 Å². The molecule has 1 aromatic heterocycles. The van der Waals surface area contributed by atoms with E-state index >= 15 is 0 Å². The van der Waals surface area contributed by atoms with Gasteiger partial charge >= 0.3 is 5.97 Å². The van der Waals surface area contributed by atoms with Gasteiger partial charge < -0.3 is 14.6 Å². The third kappa shape index (κ3) is 4.32. The maximum atomic E-state index is 11.9. The van der Waals surface area contributed by atoms with Gasteiger partial charge in [0.2, 0.25) is 0 Å². The molecule has 22 heavy (non-hydrogen) atoms. The van der Waals surface area contributed by atoms with Gasteiger partial charge in [-0.25, -0.2) is 0 Å². The minimum Gasteiger partial charge on any atom is -0.455 e. The molecule has 2 rings (SSSR count). The van der Waals surface area contributed by atoms with E-state index in [9.17, 15) is 9.59 Å². The van der Waals surface area contributed by atoms with Gasteiger partial charge in [0, 0.05) is 11.6 Å². The van der Waals surface area contributed by atoms with Crippen LogP contribution in [0, 0.1) is 19.8 Å². The standard InChI is InChI=1S/C16H24N2O4/c1-10-6-4-5-7-14(10)17-15(19)9-21-16(20)8-13-11(2)18-22-12(13)3/h10,14H,4-9H2,1-3H3,(H,17,19)/t10-,14+/m1/s1. The van der Waals surface area contributed by atoms with Gasteiger partial charge in [0.05, 0.1) is 12.1 Å². The molecule has 0 aromatic carbocycles.